The number of anilines is 1. The summed E-state index contributed by atoms with van der Waals surface area (Å²) in [4.78, 5) is 12.1. The Morgan fingerprint density at radius 1 is 1.21 bits per heavy atom. The van der Waals surface area contributed by atoms with Crippen LogP contribution >= 0.6 is 11.3 Å². The predicted molar refractivity (Wildman–Crippen MR) is 107 cm³/mol. The minimum absolute atomic E-state index is 0.0173. The maximum absolute atomic E-state index is 13.0. The van der Waals surface area contributed by atoms with Gasteiger partial charge >= 0.3 is 0 Å². The predicted octanol–water partition coefficient (Wildman–Crippen LogP) is 3.62. The Kier molecular flexibility index (Phi) is 8.02. The number of amides is 1. The van der Waals surface area contributed by atoms with Crippen molar-refractivity contribution in [3.8, 4) is 0 Å². The van der Waals surface area contributed by atoms with Crippen LogP contribution in [-0.4, -0.2) is 42.4 Å². The van der Waals surface area contributed by atoms with Crippen molar-refractivity contribution in [3.63, 3.8) is 0 Å². The van der Waals surface area contributed by atoms with Crippen LogP contribution in [-0.2, 0) is 14.8 Å². The summed E-state index contributed by atoms with van der Waals surface area (Å²) in [5, 5.41) is 12.2. The zero-order valence-corrected chi connectivity index (χ0v) is 17.8. The number of benzene rings is 1. The summed E-state index contributed by atoms with van der Waals surface area (Å²) in [6.45, 7) is 4.34. The lowest BCUT2D eigenvalue weighted by Crippen LogP contribution is -2.28. The Balaban J connectivity index is 1.84. The Morgan fingerprint density at radius 2 is 1.86 bits per heavy atom. The first-order valence-corrected chi connectivity index (χ1v) is 11.4. The molecule has 2 rings (SSSR count). The van der Waals surface area contributed by atoms with E-state index in [9.17, 15) is 17.6 Å². The average Bonchev–Trinajstić information content (AvgIpc) is 3.11. The second kappa shape index (κ2) is 10.0. The van der Waals surface area contributed by atoms with E-state index >= 15 is 0 Å². The molecule has 0 saturated carbocycles. The molecule has 0 saturated heterocycles. The van der Waals surface area contributed by atoms with Crippen LogP contribution in [0.5, 0.6) is 0 Å². The van der Waals surface area contributed by atoms with E-state index < -0.39 is 15.8 Å². The van der Waals surface area contributed by atoms with Crippen LogP contribution in [0.1, 0.15) is 50.5 Å². The first-order valence-electron chi connectivity index (χ1n) is 9.13. The summed E-state index contributed by atoms with van der Waals surface area (Å²) in [5.74, 6) is -0.393. The van der Waals surface area contributed by atoms with Gasteiger partial charge in [0.05, 0.1) is 4.90 Å². The zero-order chi connectivity index (χ0) is 20.7. The molecule has 0 unspecified atom stereocenters. The molecule has 7 nitrogen and oxygen atoms in total. The van der Waals surface area contributed by atoms with Gasteiger partial charge in [0.1, 0.15) is 10.8 Å². The van der Waals surface area contributed by atoms with Gasteiger partial charge in [0.2, 0.25) is 21.1 Å². The van der Waals surface area contributed by atoms with Gasteiger partial charge in [-0.25, -0.2) is 17.1 Å². The van der Waals surface area contributed by atoms with Crippen molar-refractivity contribution in [2.45, 2.75) is 50.3 Å². The van der Waals surface area contributed by atoms with Crippen molar-refractivity contribution in [2.75, 3.05) is 18.9 Å². The summed E-state index contributed by atoms with van der Waals surface area (Å²) in [5.41, 5.74) is 0. The highest BCUT2D eigenvalue weighted by molar-refractivity contribution is 7.89. The van der Waals surface area contributed by atoms with Crippen LogP contribution in [0.25, 0.3) is 0 Å². The standard InChI is InChI=1S/C18H25FN4O3S2/c1-4-13(5-2)17-21-22-18(27-17)20-16(24)7-6-12-23(3)28(25,26)15-10-8-14(19)9-11-15/h8-11,13H,4-7,12H2,1-3H3,(H,20,22,24). The number of halogens is 1. The molecular formula is C18H25FN4O3S2. The van der Waals surface area contributed by atoms with E-state index in [1.807, 2.05) is 0 Å². The van der Waals surface area contributed by atoms with Crippen molar-refractivity contribution in [2.24, 2.45) is 0 Å². The topological polar surface area (TPSA) is 92.3 Å². The summed E-state index contributed by atoms with van der Waals surface area (Å²) in [7, 11) is -2.28. The molecule has 1 N–H and O–H groups in total. The van der Waals surface area contributed by atoms with Gasteiger partial charge in [-0.2, -0.15) is 0 Å². The number of aromatic nitrogens is 2. The van der Waals surface area contributed by atoms with Gasteiger partial charge in [-0.3, -0.25) is 4.79 Å². The number of nitrogens with one attached hydrogen (secondary N) is 1. The molecule has 1 heterocycles. The number of sulfonamides is 1. The molecule has 0 aliphatic carbocycles. The molecule has 0 spiro atoms. The van der Waals surface area contributed by atoms with Crippen LogP contribution in [0.4, 0.5) is 9.52 Å². The zero-order valence-electron chi connectivity index (χ0n) is 16.2. The molecule has 0 bridgehead atoms. The molecule has 1 aromatic carbocycles. The maximum atomic E-state index is 13.0. The van der Waals surface area contributed by atoms with E-state index in [1.165, 1.54) is 30.5 Å². The van der Waals surface area contributed by atoms with Gasteiger partial charge in [0, 0.05) is 25.9 Å². The molecule has 1 amide bonds. The minimum atomic E-state index is -3.71. The lowest BCUT2D eigenvalue weighted by molar-refractivity contribution is -0.116. The van der Waals surface area contributed by atoms with Crippen LogP contribution < -0.4 is 5.32 Å². The molecular weight excluding hydrogens is 403 g/mol. The molecule has 154 valence electrons. The third kappa shape index (κ3) is 5.79. The number of carbonyl (C=O) groups excluding carboxylic acids is 1. The first-order chi connectivity index (χ1) is 13.3. The van der Waals surface area contributed by atoms with E-state index in [1.54, 1.807) is 0 Å². The molecule has 0 aliphatic rings. The Bertz CT molecular complexity index is 880. The van der Waals surface area contributed by atoms with Crippen molar-refractivity contribution < 1.29 is 17.6 Å². The number of nitrogens with zero attached hydrogens (tertiary/aromatic N) is 3. The summed E-state index contributed by atoms with van der Waals surface area (Å²) in [6.07, 6.45) is 2.44. The monoisotopic (exact) mass is 428 g/mol. The van der Waals surface area contributed by atoms with E-state index in [0.717, 1.165) is 34.3 Å². The third-order valence-electron chi connectivity index (χ3n) is 4.42. The van der Waals surface area contributed by atoms with Crippen molar-refractivity contribution in [3.05, 3.63) is 35.1 Å². The van der Waals surface area contributed by atoms with E-state index in [2.05, 4.69) is 29.4 Å². The Hall–Kier alpha value is -1.91. The number of carbonyl (C=O) groups is 1. The van der Waals surface area contributed by atoms with Gasteiger partial charge < -0.3 is 5.32 Å². The quantitative estimate of drug-likeness (QED) is 0.624. The Morgan fingerprint density at radius 3 is 2.46 bits per heavy atom. The normalized spacial score (nSPS) is 11.9. The van der Waals surface area contributed by atoms with Gasteiger partial charge in [0.15, 0.2) is 0 Å². The SMILES string of the molecule is CCC(CC)c1nnc(NC(=O)CCCN(C)S(=O)(=O)c2ccc(F)cc2)s1. The fraction of sp³-hybridized carbons (Fsp3) is 0.500. The lowest BCUT2D eigenvalue weighted by atomic mass is 10.1. The highest BCUT2D eigenvalue weighted by Crippen LogP contribution is 2.28. The van der Waals surface area contributed by atoms with E-state index in [0.29, 0.717) is 17.5 Å². The fourth-order valence-corrected chi connectivity index (χ4v) is 4.87. The maximum Gasteiger partial charge on any atom is 0.242 e. The number of rotatable bonds is 10. The second-order valence-corrected chi connectivity index (χ2v) is 9.45. The third-order valence-corrected chi connectivity index (χ3v) is 7.29. The highest BCUT2D eigenvalue weighted by Gasteiger charge is 2.21. The van der Waals surface area contributed by atoms with Crippen molar-refractivity contribution in [1.82, 2.24) is 14.5 Å². The average molecular weight is 429 g/mol. The van der Waals surface area contributed by atoms with Gasteiger partial charge in [-0.15, -0.1) is 10.2 Å². The van der Waals surface area contributed by atoms with Gasteiger partial charge in [-0.05, 0) is 43.5 Å². The van der Waals surface area contributed by atoms with Crippen molar-refractivity contribution >= 4 is 32.4 Å². The molecule has 0 atom stereocenters. The summed E-state index contributed by atoms with van der Waals surface area (Å²) in [6, 6.07) is 4.65. The van der Waals surface area contributed by atoms with Crippen LogP contribution in [0.2, 0.25) is 0 Å². The number of hydrogen-bond donors (Lipinski definition) is 1. The van der Waals surface area contributed by atoms with Gasteiger partial charge in [-0.1, -0.05) is 25.2 Å². The van der Waals surface area contributed by atoms with Crippen molar-refractivity contribution in [1.29, 1.82) is 0 Å². The Labute approximate surface area is 169 Å². The van der Waals surface area contributed by atoms with E-state index in [-0.39, 0.29) is 23.8 Å². The molecule has 0 aliphatic heterocycles. The summed E-state index contributed by atoms with van der Waals surface area (Å²) < 4.78 is 39.0. The second-order valence-electron chi connectivity index (χ2n) is 6.39. The van der Waals surface area contributed by atoms with Crippen LogP contribution in [0.3, 0.4) is 0 Å². The van der Waals surface area contributed by atoms with Crippen LogP contribution in [0, 0.1) is 5.82 Å². The molecule has 0 radical (unpaired) electrons. The minimum Gasteiger partial charge on any atom is -0.301 e. The van der Waals surface area contributed by atoms with Gasteiger partial charge in [0.25, 0.3) is 0 Å². The van der Waals surface area contributed by atoms with Crippen LogP contribution in [0.15, 0.2) is 29.2 Å². The molecule has 28 heavy (non-hydrogen) atoms. The lowest BCUT2D eigenvalue weighted by Gasteiger charge is -2.16. The number of hydrogen-bond acceptors (Lipinski definition) is 6. The largest absolute Gasteiger partial charge is 0.301 e. The first kappa shape index (κ1) is 22.4. The smallest absolute Gasteiger partial charge is 0.242 e. The molecule has 0 fully saturated rings. The summed E-state index contributed by atoms with van der Waals surface area (Å²) >= 11 is 1.37. The fourth-order valence-electron chi connectivity index (χ4n) is 2.64. The molecule has 2 aromatic rings. The van der Waals surface area contributed by atoms with E-state index in [4.69, 9.17) is 0 Å². The molecule has 1 aromatic heterocycles. The highest BCUT2D eigenvalue weighted by atomic mass is 32.2. The molecule has 10 heteroatoms.